The fraction of sp³-hybridized carbons (Fsp3) is 0.407. The maximum absolute atomic E-state index is 13.6. The summed E-state index contributed by atoms with van der Waals surface area (Å²) in [6, 6.07) is 6.76. The minimum absolute atomic E-state index is 0.103. The van der Waals surface area contributed by atoms with Crippen molar-refractivity contribution < 1.29 is 19.4 Å². The minimum atomic E-state index is -0.691. The summed E-state index contributed by atoms with van der Waals surface area (Å²) in [5, 5.41) is 11.7. The second-order valence-corrected chi connectivity index (χ2v) is 10.1. The van der Waals surface area contributed by atoms with Gasteiger partial charge in [0.2, 0.25) is 5.78 Å². The third-order valence-electron chi connectivity index (χ3n) is 6.25. The Kier molecular flexibility index (Phi) is 8.20. The molecule has 0 spiro atoms. The fourth-order valence-electron chi connectivity index (χ4n) is 4.46. The van der Waals surface area contributed by atoms with Crippen LogP contribution in [0.4, 0.5) is 0 Å². The van der Waals surface area contributed by atoms with E-state index in [9.17, 15) is 14.7 Å². The molecule has 1 aliphatic rings. The lowest BCUT2D eigenvalue weighted by atomic mass is 9.95. The molecule has 0 saturated heterocycles. The Bertz CT molecular complexity index is 1230. The van der Waals surface area contributed by atoms with Gasteiger partial charge in [-0.2, -0.15) is 0 Å². The molecule has 0 bridgehead atoms. The Balaban J connectivity index is 1.61. The van der Waals surface area contributed by atoms with Crippen LogP contribution in [0.1, 0.15) is 64.6 Å². The number of aliphatic hydroxyl groups is 1. The summed E-state index contributed by atoms with van der Waals surface area (Å²) in [4.78, 5) is 37.3. The number of hydrogen-bond acceptors (Lipinski definition) is 7. The van der Waals surface area contributed by atoms with Gasteiger partial charge in [-0.15, -0.1) is 11.3 Å². The van der Waals surface area contributed by atoms with E-state index >= 15 is 0 Å². The molecule has 190 valence electrons. The molecule has 9 heteroatoms. The van der Waals surface area contributed by atoms with Crippen molar-refractivity contribution >= 4 is 23.0 Å². The number of ketones is 1. The Morgan fingerprint density at radius 2 is 1.92 bits per heavy atom. The van der Waals surface area contributed by atoms with E-state index in [-0.39, 0.29) is 11.4 Å². The highest BCUT2D eigenvalue weighted by Gasteiger charge is 2.44. The van der Waals surface area contributed by atoms with Crippen molar-refractivity contribution in [2.24, 2.45) is 0 Å². The molecule has 8 nitrogen and oxygen atoms in total. The van der Waals surface area contributed by atoms with Gasteiger partial charge in [0.05, 0.1) is 40.1 Å². The van der Waals surface area contributed by atoms with Crippen molar-refractivity contribution in [3.8, 4) is 5.75 Å². The average molecular weight is 509 g/mol. The van der Waals surface area contributed by atoms with Gasteiger partial charge in [-0.25, -0.2) is 9.97 Å². The molecule has 0 saturated carbocycles. The highest BCUT2D eigenvalue weighted by Crippen LogP contribution is 2.40. The third-order valence-corrected chi connectivity index (χ3v) is 7.32. The molecule has 1 aromatic carbocycles. The molecule has 1 unspecified atom stereocenters. The first kappa shape index (κ1) is 25.6. The summed E-state index contributed by atoms with van der Waals surface area (Å²) in [5.74, 6) is -0.641. The zero-order valence-corrected chi connectivity index (χ0v) is 21.8. The molecule has 3 aromatic rings. The van der Waals surface area contributed by atoms with E-state index in [1.54, 1.807) is 24.3 Å². The Morgan fingerprint density at radius 1 is 1.14 bits per heavy atom. The number of ether oxygens (including phenoxy) is 1. The number of aromatic nitrogens is 3. The van der Waals surface area contributed by atoms with E-state index in [2.05, 4.69) is 16.9 Å². The number of unbranched alkanes of at least 4 members (excludes halogenated alkanes) is 2. The van der Waals surface area contributed by atoms with Crippen molar-refractivity contribution in [2.75, 3.05) is 13.2 Å². The van der Waals surface area contributed by atoms with Crippen molar-refractivity contribution in [3.05, 3.63) is 75.5 Å². The topological polar surface area (TPSA) is 97.5 Å². The molecule has 0 aliphatic carbocycles. The average Bonchev–Trinajstić information content (AvgIpc) is 3.57. The van der Waals surface area contributed by atoms with Crippen molar-refractivity contribution in [3.63, 3.8) is 0 Å². The number of rotatable bonds is 12. The van der Waals surface area contributed by atoms with Gasteiger partial charge >= 0.3 is 0 Å². The summed E-state index contributed by atoms with van der Waals surface area (Å²) < 4.78 is 7.77. The number of thiazole rings is 1. The van der Waals surface area contributed by atoms with Gasteiger partial charge in [0.15, 0.2) is 5.76 Å². The molecule has 1 amide bonds. The molecule has 0 fully saturated rings. The van der Waals surface area contributed by atoms with E-state index in [4.69, 9.17) is 4.74 Å². The first-order valence-corrected chi connectivity index (χ1v) is 13.1. The number of nitrogens with zero attached hydrogens (tertiary/aromatic N) is 4. The monoisotopic (exact) mass is 508 g/mol. The van der Waals surface area contributed by atoms with E-state index < -0.39 is 17.7 Å². The molecule has 3 heterocycles. The first-order chi connectivity index (χ1) is 17.4. The summed E-state index contributed by atoms with van der Waals surface area (Å²) >= 11 is 1.28. The largest absolute Gasteiger partial charge is 0.503 e. The van der Waals surface area contributed by atoms with E-state index in [0.29, 0.717) is 36.7 Å². The highest BCUT2D eigenvalue weighted by molar-refractivity contribution is 7.14. The Hall–Kier alpha value is -3.46. The van der Waals surface area contributed by atoms with Crippen molar-refractivity contribution in [2.45, 2.75) is 59.0 Å². The van der Waals surface area contributed by atoms with Crippen LogP contribution in [0, 0.1) is 13.8 Å². The molecule has 0 radical (unpaired) electrons. The van der Waals surface area contributed by atoms with Crippen LogP contribution in [0.15, 0.2) is 54.3 Å². The molecule has 4 rings (SSSR count). The molecular weight excluding hydrogens is 476 g/mol. The van der Waals surface area contributed by atoms with Crippen molar-refractivity contribution in [1.29, 1.82) is 0 Å². The van der Waals surface area contributed by atoms with Crippen LogP contribution in [0.3, 0.4) is 0 Å². The fourth-order valence-corrected chi connectivity index (χ4v) is 5.33. The Morgan fingerprint density at radius 3 is 2.56 bits per heavy atom. The smallest absolute Gasteiger partial charge is 0.290 e. The molecular formula is C27H32N4O4S. The van der Waals surface area contributed by atoms with Crippen LogP contribution >= 0.6 is 11.3 Å². The molecule has 1 aliphatic heterocycles. The van der Waals surface area contributed by atoms with Crippen molar-refractivity contribution in [1.82, 2.24) is 19.4 Å². The lowest BCUT2D eigenvalue weighted by molar-refractivity contribution is -0.129. The van der Waals surface area contributed by atoms with Crippen LogP contribution < -0.4 is 4.74 Å². The number of benzene rings is 1. The number of amides is 1. The van der Waals surface area contributed by atoms with Gasteiger partial charge in [-0.3, -0.25) is 9.59 Å². The summed E-state index contributed by atoms with van der Waals surface area (Å²) in [6.07, 6.45) is 9.17. The van der Waals surface area contributed by atoms with E-state index in [1.165, 1.54) is 11.3 Å². The van der Waals surface area contributed by atoms with E-state index in [1.807, 2.05) is 42.0 Å². The number of carbonyl (C=O) groups is 2. The van der Waals surface area contributed by atoms with Gasteiger partial charge < -0.3 is 19.3 Å². The minimum Gasteiger partial charge on any atom is -0.503 e. The quantitative estimate of drug-likeness (QED) is 0.267. The lowest BCUT2D eigenvalue weighted by Gasteiger charge is -2.27. The van der Waals surface area contributed by atoms with Crippen LogP contribution in [-0.2, 0) is 11.3 Å². The van der Waals surface area contributed by atoms with E-state index in [0.717, 1.165) is 35.6 Å². The summed E-state index contributed by atoms with van der Waals surface area (Å²) in [5.41, 5.74) is 1.45. The van der Waals surface area contributed by atoms with Crippen LogP contribution in [0.2, 0.25) is 0 Å². The summed E-state index contributed by atoms with van der Waals surface area (Å²) in [6.45, 7) is 7.44. The highest BCUT2D eigenvalue weighted by atomic mass is 32.1. The van der Waals surface area contributed by atoms with Gasteiger partial charge in [-0.1, -0.05) is 31.9 Å². The zero-order valence-electron chi connectivity index (χ0n) is 20.9. The normalized spacial score (nSPS) is 15.7. The molecule has 1 atom stereocenters. The first-order valence-electron chi connectivity index (χ1n) is 12.3. The van der Waals surface area contributed by atoms with Gasteiger partial charge in [0, 0.05) is 25.5 Å². The van der Waals surface area contributed by atoms with Gasteiger partial charge in [-0.05, 0) is 44.4 Å². The number of carbonyl (C=O) groups excluding carboxylic acids is 2. The molecule has 36 heavy (non-hydrogen) atoms. The predicted molar refractivity (Wildman–Crippen MR) is 138 cm³/mol. The predicted octanol–water partition coefficient (Wildman–Crippen LogP) is 5.19. The number of aryl methyl sites for hydroxylation is 3. The standard InChI is InChI=1S/C27H32N4O4S/c1-4-5-6-16-35-21-10-8-20(9-11-21)23-22(24(32)26-18(2)29-19(3)36-26)25(33)27(34)31(23)14-7-13-30-15-12-28-17-30/h8-12,15,17,23,33H,4-7,13-14,16H2,1-3H3. The van der Waals surface area contributed by atoms with Crippen LogP contribution in [0.5, 0.6) is 5.75 Å². The zero-order chi connectivity index (χ0) is 25.7. The SMILES string of the molecule is CCCCCOc1ccc(C2C(C(=O)c3sc(C)nc3C)=C(O)C(=O)N2CCCn2ccnc2)cc1. The van der Waals surface area contributed by atoms with Gasteiger partial charge in [0.25, 0.3) is 5.91 Å². The van der Waals surface area contributed by atoms with Crippen LogP contribution in [0.25, 0.3) is 0 Å². The number of imidazole rings is 1. The molecule has 1 N–H and O–H groups in total. The number of Topliss-reactive ketones (excluding diaryl/α,β-unsaturated/α-hetero) is 1. The maximum atomic E-state index is 13.6. The Labute approximate surface area is 215 Å². The third kappa shape index (κ3) is 5.51. The summed E-state index contributed by atoms with van der Waals surface area (Å²) in [7, 11) is 0. The molecule has 2 aromatic heterocycles. The number of hydrogen-bond donors (Lipinski definition) is 1. The second-order valence-electron chi connectivity index (χ2n) is 8.92. The number of aliphatic hydroxyl groups excluding tert-OH is 1. The van der Waals surface area contributed by atoms with Gasteiger partial charge in [0.1, 0.15) is 5.75 Å². The van der Waals surface area contributed by atoms with Crippen LogP contribution in [-0.4, -0.2) is 49.4 Å². The second kappa shape index (κ2) is 11.5. The lowest BCUT2D eigenvalue weighted by Crippen LogP contribution is -2.32. The maximum Gasteiger partial charge on any atom is 0.290 e.